The lowest BCUT2D eigenvalue weighted by Crippen LogP contribution is -2.38. The van der Waals surface area contributed by atoms with Crippen LogP contribution in [0.1, 0.15) is 67.4 Å². The molecule has 1 aliphatic rings. The van der Waals surface area contributed by atoms with E-state index >= 15 is 0 Å². The zero-order valence-electron chi connectivity index (χ0n) is 15.7. The molecule has 1 saturated heterocycles. The van der Waals surface area contributed by atoms with Crippen molar-refractivity contribution >= 4 is 21.7 Å². The molecular weight excluding hydrogens is 354 g/mol. The number of sulfone groups is 1. The summed E-state index contributed by atoms with van der Waals surface area (Å²) in [5.41, 5.74) is 2.49. The fourth-order valence-electron chi connectivity index (χ4n) is 2.99. The minimum absolute atomic E-state index is 0.0547. The topological polar surface area (TPSA) is 89.5 Å². The first-order chi connectivity index (χ1) is 12.1. The van der Waals surface area contributed by atoms with E-state index in [1.165, 1.54) is 0 Å². The minimum atomic E-state index is -3.06. The maximum atomic E-state index is 12.4. The van der Waals surface area contributed by atoms with Crippen molar-refractivity contribution in [3.05, 3.63) is 34.9 Å². The van der Waals surface area contributed by atoms with E-state index < -0.39 is 34.4 Å². The number of rotatable bonds is 6. The molecule has 2 rings (SSSR count). The highest BCUT2D eigenvalue weighted by molar-refractivity contribution is 7.91. The van der Waals surface area contributed by atoms with Gasteiger partial charge < -0.3 is 10.1 Å². The number of hydrogen-bond acceptors (Lipinski definition) is 5. The molecule has 1 aliphatic heterocycles. The molecule has 1 N–H and O–H groups in total. The lowest BCUT2D eigenvalue weighted by Gasteiger charge is -2.16. The quantitative estimate of drug-likeness (QED) is 0.764. The SMILES string of the molecule is CC(C)c1ccc(C(=O)OCC(=O)N[C@@H]2CCS(=O)(=O)C2)c(C(C)C)c1. The summed E-state index contributed by atoms with van der Waals surface area (Å²) in [6.07, 6.45) is 0.399. The van der Waals surface area contributed by atoms with E-state index in [9.17, 15) is 18.0 Å². The van der Waals surface area contributed by atoms with Crippen LogP contribution in [0.4, 0.5) is 0 Å². The number of benzene rings is 1. The van der Waals surface area contributed by atoms with Gasteiger partial charge in [-0.1, -0.05) is 39.8 Å². The Balaban J connectivity index is 1.98. The van der Waals surface area contributed by atoms with Gasteiger partial charge in [0.1, 0.15) is 0 Å². The van der Waals surface area contributed by atoms with Crippen molar-refractivity contribution in [1.29, 1.82) is 0 Å². The van der Waals surface area contributed by atoms with Crippen molar-refractivity contribution in [2.75, 3.05) is 18.1 Å². The summed E-state index contributed by atoms with van der Waals surface area (Å²) in [5.74, 6) is -0.498. The first kappa shape index (κ1) is 20.4. The average molecular weight is 381 g/mol. The maximum Gasteiger partial charge on any atom is 0.338 e. The van der Waals surface area contributed by atoms with Crippen molar-refractivity contribution in [3.8, 4) is 0 Å². The summed E-state index contributed by atoms with van der Waals surface area (Å²) in [7, 11) is -3.06. The summed E-state index contributed by atoms with van der Waals surface area (Å²) >= 11 is 0. The molecule has 144 valence electrons. The van der Waals surface area contributed by atoms with Crippen LogP contribution in [-0.4, -0.2) is 44.4 Å². The van der Waals surface area contributed by atoms with Crippen LogP contribution in [0.5, 0.6) is 0 Å². The molecule has 1 aromatic rings. The smallest absolute Gasteiger partial charge is 0.338 e. The fourth-order valence-corrected chi connectivity index (χ4v) is 4.66. The highest BCUT2D eigenvalue weighted by atomic mass is 32.2. The number of ether oxygens (including phenoxy) is 1. The van der Waals surface area contributed by atoms with E-state index in [1.807, 2.05) is 26.0 Å². The van der Waals surface area contributed by atoms with E-state index in [2.05, 4.69) is 19.2 Å². The average Bonchev–Trinajstić information content (AvgIpc) is 2.90. The number of esters is 1. The highest BCUT2D eigenvalue weighted by Crippen LogP contribution is 2.25. The Hall–Kier alpha value is -1.89. The van der Waals surface area contributed by atoms with Gasteiger partial charge in [0.15, 0.2) is 16.4 Å². The third kappa shape index (κ3) is 5.30. The van der Waals surface area contributed by atoms with Gasteiger partial charge in [-0.25, -0.2) is 13.2 Å². The standard InChI is InChI=1S/C19H27NO5S/c1-12(2)14-5-6-16(17(9-14)13(3)4)19(22)25-10-18(21)20-15-7-8-26(23,24)11-15/h5-6,9,12-13,15H,7-8,10-11H2,1-4H3,(H,20,21)/t15-/m1/s1. The summed E-state index contributed by atoms with van der Waals surface area (Å²) in [5, 5.41) is 2.61. The van der Waals surface area contributed by atoms with E-state index in [0.717, 1.165) is 11.1 Å². The van der Waals surface area contributed by atoms with Gasteiger partial charge in [-0.3, -0.25) is 4.79 Å². The van der Waals surface area contributed by atoms with Crippen molar-refractivity contribution < 1.29 is 22.7 Å². The third-order valence-corrected chi connectivity index (χ3v) is 6.28. The maximum absolute atomic E-state index is 12.4. The molecular formula is C19H27NO5S. The molecule has 1 fully saturated rings. The predicted octanol–water partition coefficient (Wildman–Crippen LogP) is 2.39. The van der Waals surface area contributed by atoms with Crippen LogP contribution in [0.2, 0.25) is 0 Å². The van der Waals surface area contributed by atoms with Crippen molar-refractivity contribution in [2.24, 2.45) is 0 Å². The molecule has 0 saturated carbocycles. The molecule has 0 spiro atoms. The zero-order chi connectivity index (χ0) is 19.5. The van der Waals surface area contributed by atoms with Gasteiger partial charge >= 0.3 is 5.97 Å². The van der Waals surface area contributed by atoms with Gasteiger partial charge in [-0.15, -0.1) is 0 Å². The summed E-state index contributed by atoms with van der Waals surface area (Å²) in [6.45, 7) is 7.77. The van der Waals surface area contributed by atoms with Crippen LogP contribution in [0.15, 0.2) is 18.2 Å². The molecule has 7 heteroatoms. The zero-order valence-corrected chi connectivity index (χ0v) is 16.6. The first-order valence-corrected chi connectivity index (χ1v) is 10.7. The van der Waals surface area contributed by atoms with Crippen molar-refractivity contribution in [1.82, 2.24) is 5.32 Å². The second-order valence-electron chi connectivity index (χ2n) is 7.40. The third-order valence-electron chi connectivity index (χ3n) is 4.52. The van der Waals surface area contributed by atoms with Crippen LogP contribution in [0.3, 0.4) is 0 Å². The summed E-state index contributed by atoms with van der Waals surface area (Å²) in [4.78, 5) is 24.3. The van der Waals surface area contributed by atoms with E-state index in [0.29, 0.717) is 17.9 Å². The predicted molar refractivity (Wildman–Crippen MR) is 100 cm³/mol. The van der Waals surface area contributed by atoms with Crippen LogP contribution in [0.25, 0.3) is 0 Å². The Kier molecular flexibility index (Phi) is 6.44. The van der Waals surface area contributed by atoms with Gasteiger partial charge in [-0.2, -0.15) is 0 Å². The Morgan fingerprint density at radius 2 is 1.88 bits per heavy atom. The molecule has 1 heterocycles. The Morgan fingerprint density at radius 3 is 2.42 bits per heavy atom. The second kappa shape index (κ2) is 8.20. The molecule has 0 aliphatic carbocycles. The number of hydrogen-bond donors (Lipinski definition) is 1. The summed E-state index contributed by atoms with van der Waals surface area (Å²) < 4.78 is 28.0. The van der Waals surface area contributed by atoms with Crippen LogP contribution in [0, 0.1) is 0 Å². The Morgan fingerprint density at radius 1 is 1.19 bits per heavy atom. The molecule has 6 nitrogen and oxygen atoms in total. The van der Waals surface area contributed by atoms with Gasteiger partial charge in [0.25, 0.3) is 5.91 Å². The summed E-state index contributed by atoms with van der Waals surface area (Å²) in [6, 6.07) is 5.25. The Labute approximate surface area is 155 Å². The van der Waals surface area contributed by atoms with Crippen LogP contribution in [-0.2, 0) is 19.4 Å². The van der Waals surface area contributed by atoms with E-state index in [4.69, 9.17) is 4.74 Å². The van der Waals surface area contributed by atoms with Gasteiger partial charge in [-0.05, 0) is 35.4 Å². The minimum Gasteiger partial charge on any atom is -0.452 e. The normalized spacial score (nSPS) is 18.9. The van der Waals surface area contributed by atoms with Crippen molar-refractivity contribution in [3.63, 3.8) is 0 Å². The first-order valence-electron chi connectivity index (χ1n) is 8.90. The van der Waals surface area contributed by atoms with E-state index in [-0.39, 0.29) is 17.4 Å². The number of carbonyl (C=O) groups is 2. The van der Waals surface area contributed by atoms with Crippen LogP contribution >= 0.6 is 0 Å². The fraction of sp³-hybridized carbons (Fsp3) is 0.579. The molecule has 0 unspecified atom stereocenters. The molecule has 0 aromatic heterocycles. The monoisotopic (exact) mass is 381 g/mol. The highest BCUT2D eigenvalue weighted by Gasteiger charge is 2.29. The number of nitrogens with one attached hydrogen (secondary N) is 1. The lowest BCUT2D eigenvalue weighted by molar-refractivity contribution is -0.124. The van der Waals surface area contributed by atoms with Crippen molar-refractivity contribution in [2.45, 2.75) is 52.0 Å². The van der Waals surface area contributed by atoms with Gasteiger partial charge in [0, 0.05) is 6.04 Å². The van der Waals surface area contributed by atoms with Gasteiger partial charge in [0.2, 0.25) is 0 Å². The van der Waals surface area contributed by atoms with E-state index in [1.54, 1.807) is 6.07 Å². The molecule has 26 heavy (non-hydrogen) atoms. The molecule has 0 radical (unpaired) electrons. The number of carbonyl (C=O) groups excluding carboxylic acids is 2. The Bertz CT molecular complexity index is 783. The molecule has 1 amide bonds. The largest absolute Gasteiger partial charge is 0.452 e. The molecule has 0 bridgehead atoms. The molecule has 1 atom stereocenters. The second-order valence-corrected chi connectivity index (χ2v) is 9.63. The number of amides is 1. The lowest BCUT2D eigenvalue weighted by atomic mass is 9.91. The van der Waals surface area contributed by atoms with Gasteiger partial charge in [0.05, 0.1) is 17.1 Å². The van der Waals surface area contributed by atoms with Crippen LogP contribution < -0.4 is 5.32 Å². The molecule has 1 aromatic carbocycles.